The van der Waals surface area contributed by atoms with Crippen LogP contribution in [0, 0.1) is 0 Å². The third kappa shape index (κ3) is 1.79. The number of para-hydroxylation sites is 1. The average molecular weight is 294 g/mol. The predicted molar refractivity (Wildman–Crippen MR) is 72.7 cm³/mol. The minimum absolute atomic E-state index is 0.188. The third-order valence-corrected chi connectivity index (χ3v) is 4.43. The van der Waals surface area contributed by atoms with Gasteiger partial charge in [-0.25, -0.2) is 0 Å². The molecule has 0 aliphatic heterocycles. The van der Waals surface area contributed by atoms with Crippen LogP contribution in [0.2, 0.25) is 0 Å². The zero-order chi connectivity index (χ0) is 11.9. The molecule has 0 unspecified atom stereocenters. The number of nitrogens with two attached hydrogens (primary N) is 1. The fraction of sp³-hybridized carbons (Fsp3) is 0.462. The highest BCUT2D eigenvalue weighted by atomic mass is 79.9. The molecule has 0 amide bonds. The van der Waals surface area contributed by atoms with Crippen LogP contribution in [0.25, 0.3) is 10.9 Å². The summed E-state index contributed by atoms with van der Waals surface area (Å²) in [5, 5.41) is 8.49. The van der Waals surface area contributed by atoms with Gasteiger partial charge in [-0.2, -0.15) is 5.10 Å². The van der Waals surface area contributed by atoms with Gasteiger partial charge in [0.2, 0.25) is 0 Å². The number of aromatic amines is 1. The number of halogens is 1. The van der Waals surface area contributed by atoms with Crippen molar-refractivity contribution in [3.05, 3.63) is 28.4 Å². The van der Waals surface area contributed by atoms with E-state index in [1.807, 2.05) is 0 Å². The van der Waals surface area contributed by atoms with Gasteiger partial charge in [0.15, 0.2) is 0 Å². The number of H-pyrrole nitrogens is 1. The largest absolute Gasteiger partial charge is 0.321 e. The Bertz CT molecular complexity index is 541. The van der Waals surface area contributed by atoms with E-state index in [1.165, 1.54) is 24.8 Å². The maximum absolute atomic E-state index is 6.59. The van der Waals surface area contributed by atoms with Crippen molar-refractivity contribution in [2.75, 3.05) is 0 Å². The van der Waals surface area contributed by atoms with Gasteiger partial charge < -0.3 is 5.73 Å². The number of nitrogens with zero attached hydrogens (tertiary/aromatic N) is 1. The number of hydrogen-bond donors (Lipinski definition) is 2. The Balaban J connectivity index is 2.16. The molecule has 1 saturated carbocycles. The molecule has 1 fully saturated rings. The van der Waals surface area contributed by atoms with Gasteiger partial charge in [-0.05, 0) is 28.8 Å². The highest BCUT2D eigenvalue weighted by molar-refractivity contribution is 9.10. The SMILES string of the molecule is NC1(c2cccc3c(Br)[nH]nc23)CCCCC1. The van der Waals surface area contributed by atoms with Crippen LogP contribution in [-0.4, -0.2) is 10.2 Å². The molecule has 1 aromatic carbocycles. The number of nitrogens with one attached hydrogen (secondary N) is 1. The second-order valence-corrected chi connectivity index (χ2v) is 5.75. The van der Waals surface area contributed by atoms with E-state index in [0.29, 0.717) is 0 Å². The Morgan fingerprint density at radius 3 is 2.76 bits per heavy atom. The van der Waals surface area contributed by atoms with Crippen LogP contribution in [0.5, 0.6) is 0 Å². The van der Waals surface area contributed by atoms with E-state index in [-0.39, 0.29) is 5.54 Å². The summed E-state index contributed by atoms with van der Waals surface area (Å²) >= 11 is 3.48. The van der Waals surface area contributed by atoms with Crippen molar-refractivity contribution in [2.45, 2.75) is 37.6 Å². The molecule has 3 rings (SSSR count). The molecule has 1 aliphatic carbocycles. The summed E-state index contributed by atoms with van der Waals surface area (Å²) in [5.74, 6) is 0. The Morgan fingerprint density at radius 1 is 1.24 bits per heavy atom. The second-order valence-electron chi connectivity index (χ2n) is 4.96. The van der Waals surface area contributed by atoms with Crippen molar-refractivity contribution in [3.8, 4) is 0 Å². The van der Waals surface area contributed by atoms with Crippen LogP contribution in [0.1, 0.15) is 37.7 Å². The molecule has 0 atom stereocenters. The Morgan fingerprint density at radius 2 is 2.00 bits per heavy atom. The van der Waals surface area contributed by atoms with E-state index in [0.717, 1.165) is 28.3 Å². The van der Waals surface area contributed by atoms with Gasteiger partial charge in [-0.15, -0.1) is 0 Å². The van der Waals surface area contributed by atoms with Gasteiger partial charge in [0.1, 0.15) is 4.60 Å². The normalized spacial score (nSPS) is 19.6. The maximum Gasteiger partial charge on any atom is 0.108 e. The molecule has 1 aromatic heterocycles. The Labute approximate surface area is 109 Å². The summed E-state index contributed by atoms with van der Waals surface area (Å²) in [6.45, 7) is 0. The molecule has 0 radical (unpaired) electrons. The third-order valence-electron chi connectivity index (χ3n) is 3.82. The first-order valence-corrected chi connectivity index (χ1v) is 6.92. The van der Waals surface area contributed by atoms with E-state index in [2.05, 4.69) is 44.3 Å². The molecule has 3 nitrogen and oxygen atoms in total. The van der Waals surface area contributed by atoms with Crippen LogP contribution < -0.4 is 5.73 Å². The van der Waals surface area contributed by atoms with E-state index in [4.69, 9.17) is 5.73 Å². The summed E-state index contributed by atoms with van der Waals surface area (Å²) in [7, 11) is 0. The first kappa shape index (κ1) is 11.2. The number of fused-ring (bicyclic) bond motifs is 1. The van der Waals surface area contributed by atoms with Crippen molar-refractivity contribution in [3.63, 3.8) is 0 Å². The van der Waals surface area contributed by atoms with Crippen LogP contribution in [0.4, 0.5) is 0 Å². The van der Waals surface area contributed by atoms with Crippen molar-refractivity contribution in [1.82, 2.24) is 10.2 Å². The summed E-state index contributed by atoms with van der Waals surface area (Å²) in [6.07, 6.45) is 5.88. The lowest BCUT2D eigenvalue weighted by Crippen LogP contribution is -2.38. The lowest BCUT2D eigenvalue weighted by atomic mass is 9.77. The lowest BCUT2D eigenvalue weighted by molar-refractivity contribution is 0.304. The molecular formula is C13H16BrN3. The smallest absolute Gasteiger partial charge is 0.108 e. The Hall–Kier alpha value is -0.870. The number of aromatic nitrogens is 2. The van der Waals surface area contributed by atoms with Gasteiger partial charge in [0, 0.05) is 16.5 Å². The zero-order valence-electron chi connectivity index (χ0n) is 9.67. The van der Waals surface area contributed by atoms with Gasteiger partial charge in [0.25, 0.3) is 0 Å². The quantitative estimate of drug-likeness (QED) is 0.846. The topological polar surface area (TPSA) is 54.7 Å². The van der Waals surface area contributed by atoms with Crippen molar-refractivity contribution >= 4 is 26.8 Å². The molecule has 1 aliphatic rings. The summed E-state index contributed by atoms with van der Waals surface area (Å²) in [4.78, 5) is 0. The van der Waals surface area contributed by atoms with Crippen molar-refractivity contribution in [2.24, 2.45) is 5.73 Å². The zero-order valence-corrected chi connectivity index (χ0v) is 11.3. The van der Waals surface area contributed by atoms with Crippen LogP contribution >= 0.6 is 15.9 Å². The van der Waals surface area contributed by atoms with E-state index in [9.17, 15) is 0 Å². The second kappa shape index (κ2) is 4.10. The molecule has 0 saturated heterocycles. The highest BCUT2D eigenvalue weighted by Gasteiger charge is 2.31. The highest BCUT2D eigenvalue weighted by Crippen LogP contribution is 2.38. The van der Waals surface area contributed by atoms with Crippen LogP contribution in [0.15, 0.2) is 22.8 Å². The van der Waals surface area contributed by atoms with Crippen LogP contribution in [-0.2, 0) is 5.54 Å². The number of hydrogen-bond acceptors (Lipinski definition) is 2. The van der Waals surface area contributed by atoms with Crippen molar-refractivity contribution < 1.29 is 0 Å². The number of benzene rings is 1. The fourth-order valence-electron chi connectivity index (χ4n) is 2.86. The standard InChI is InChI=1S/C13H16BrN3/c14-12-9-5-4-6-10(11(9)16-17-12)13(15)7-2-1-3-8-13/h4-6H,1-3,7-8,15H2,(H,16,17). The van der Waals surface area contributed by atoms with Crippen molar-refractivity contribution in [1.29, 1.82) is 0 Å². The molecule has 17 heavy (non-hydrogen) atoms. The molecular weight excluding hydrogens is 278 g/mol. The van der Waals surface area contributed by atoms with Gasteiger partial charge in [-0.1, -0.05) is 37.5 Å². The molecule has 2 aromatic rings. The molecule has 4 heteroatoms. The van der Waals surface area contributed by atoms with E-state index >= 15 is 0 Å². The molecule has 90 valence electrons. The monoisotopic (exact) mass is 293 g/mol. The number of rotatable bonds is 1. The lowest BCUT2D eigenvalue weighted by Gasteiger charge is -2.34. The first-order chi connectivity index (χ1) is 8.21. The maximum atomic E-state index is 6.59. The van der Waals surface area contributed by atoms with Gasteiger partial charge >= 0.3 is 0 Å². The molecule has 3 N–H and O–H groups in total. The van der Waals surface area contributed by atoms with E-state index < -0.39 is 0 Å². The molecule has 0 bridgehead atoms. The Kier molecular flexibility index (Phi) is 2.71. The summed E-state index contributed by atoms with van der Waals surface area (Å²) in [6, 6.07) is 6.26. The van der Waals surface area contributed by atoms with Gasteiger partial charge in [0.05, 0.1) is 5.52 Å². The van der Waals surface area contributed by atoms with Crippen LogP contribution in [0.3, 0.4) is 0 Å². The fourth-order valence-corrected chi connectivity index (χ4v) is 3.27. The first-order valence-electron chi connectivity index (χ1n) is 6.13. The van der Waals surface area contributed by atoms with E-state index in [1.54, 1.807) is 0 Å². The molecule has 1 heterocycles. The molecule has 0 spiro atoms. The minimum atomic E-state index is -0.188. The summed E-state index contributed by atoms with van der Waals surface area (Å²) in [5.41, 5.74) is 8.61. The predicted octanol–water partition coefficient (Wildman–Crippen LogP) is 3.44. The summed E-state index contributed by atoms with van der Waals surface area (Å²) < 4.78 is 0.939. The average Bonchev–Trinajstić information content (AvgIpc) is 2.72. The van der Waals surface area contributed by atoms with Gasteiger partial charge in [-0.3, -0.25) is 5.10 Å². The minimum Gasteiger partial charge on any atom is -0.321 e.